The van der Waals surface area contributed by atoms with Crippen molar-refractivity contribution in [2.45, 2.75) is 44.8 Å². The van der Waals surface area contributed by atoms with E-state index in [1.54, 1.807) is 0 Å². The van der Waals surface area contributed by atoms with Crippen LogP contribution < -0.4 is 0 Å². The molecule has 2 nitrogen and oxygen atoms in total. The molecular weight excluding hydrogens is 198 g/mol. The lowest BCUT2D eigenvalue weighted by Crippen LogP contribution is -2.43. The molecule has 84 valence electrons. The molecule has 1 fully saturated rings. The molecule has 1 saturated heterocycles. The largest absolute Gasteiger partial charge is 0.378 e. The normalized spacial score (nSPS) is 23.4. The first-order chi connectivity index (χ1) is 6.56. The van der Waals surface area contributed by atoms with Gasteiger partial charge in [-0.2, -0.15) is 0 Å². The first-order valence-corrected chi connectivity index (χ1v) is 5.98. The summed E-state index contributed by atoms with van der Waals surface area (Å²) in [5, 5.41) is 0. The Bertz CT molecular complexity index is 167. The molecule has 1 heterocycles. The summed E-state index contributed by atoms with van der Waals surface area (Å²) in [5.74, 6) is 0.676. The molecule has 0 saturated carbocycles. The maximum absolute atomic E-state index is 5.91. The number of alkyl halides is 1. The Balaban J connectivity index is 2.22. The average molecular weight is 220 g/mol. The van der Waals surface area contributed by atoms with Crippen molar-refractivity contribution in [3.63, 3.8) is 0 Å². The Morgan fingerprint density at radius 2 is 2.21 bits per heavy atom. The molecular formula is C11H22ClNO. The predicted octanol–water partition coefficient (Wildman–Crippen LogP) is 2.50. The lowest BCUT2D eigenvalue weighted by molar-refractivity contribution is 0.0816. The van der Waals surface area contributed by atoms with Gasteiger partial charge < -0.3 is 4.74 Å². The minimum atomic E-state index is 0.0974. The molecule has 14 heavy (non-hydrogen) atoms. The molecule has 0 N–H and O–H groups in total. The van der Waals surface area contributed by atoms with E-state index < -0.39 is 0 Å². The van der Waals surface area contributed by atoms with Crippen LogP contribution >= 0.6 is 11.6 Å². The minimum Gasteiger partial charge on any atom is -0.378 e. The Hall–Kier alpha value is 0.210. The van der Waals surface area contributed by atoms with E-state index in [2.05, 4.69) is 25.8 Å². The van der Waals surface area contributed by atoms with Crippen molar-refractivity contribution in [1.82, 2.24) is 4.90 Å². The molecule has 0 aliphatic carbocycles. The highest BCUT2D eigenvalue weighted by Gasteiger charge is 2.23. The smallest absolute Gasteiger partial charge is 0.0588 e. The summed E-state index contributed by atoms with van der Waals surface area (Å²) < 4.78 is 5.59. The third-order valence-electron chi connectivity index (χ3n) is 3.17. The molecule has 0 bridgehead atoms. The standard InChI is InChI=1S/C11H22ClNO/c1-11(2,9-12)13(3)7-6-10-5-4-8-14-10/h10H,4-9H2,1-3H3. The fourth-order valence-electron chi connectivity index (χ4n) is 1.61. The second kappa shape index (κ2) is 5.34. The first-order valence-electron chi connectivity index (χ1n) is 5.45. The SMILES string of the molecule is CN(CCC1CCCO1)C(C)(C)CCl. The third kappa shape index (κ3) is 3.41. The molecule has 3 heteroatoms. The zero-order valence-corrected chi connectivity index (χ0v) is 10.3. The van der Waals surface area contributed by atoms with Crippen molar-refractivity contribution in [1.29, 1.82) is 0 Å². The molecule has 0 aromatic carbocycles. The molecule has 1 atom stereocenters. The Morgan fingerprint density at radius 3 is 2.71 bits per heavy atom. The number of nitrogens with zero attached hydrogens (tertiary/aromatic N) is 1. The van der Waals surface area contributed by atoms with Crippen LogP contribution in [0.15, 0.2) is 0 Å². The van der Waals surface area contributed by atoms with Crippen LogP contribution in [-0.2, 0) is 4.74 Å². The first kappa shape index (κ1) is 12.3. The molecule has 0 amide bonds. The number of halogens is 1. The second-order valence-corrected chi connectivity index (χ2v) is 5.06. The third-order valence-corrected chi connectivity index (χ3v) is 3.82. The topological polar surface area (TPSA) is 12.5 Å². The Morgan fingerprint density at radius 1 is 1.50 bits per heavy atom. The van der Waals surface area contributed by atoms with E-state index in [1.807, 2.05) is 0 Å². The summed E-state index contributed by atoms with van der Waals surface area (Å²) in [6.07, 6.45) is 4.09. The number of hydrogen-bond donors (Lipinski definition) is 0. The molecule has 1 rings (SSSR count). The molecule has 0 aromatic heterocycles. The van der Waals surface area contributed by atoms with Gasteiger partial charge in [0.25, 0.3) is 0 Å². The van der Waals surface area contributed by atoms with Gasteiger partial charge in [-0.1, -0.05) is 0 Å². The molecule has 1 aliphatic rings. The van der Waals surface area contributed by atoms with Gasteiger partial charge in [-0.15, -0.1) is 11.6 Å². The summed E-state index contributed by atoms with van der Waals surface area (Å²) in [4.78, 5) is 2.32. The lowest BCUT2D eigenvalue weighted by Gasteiger charge is -2.34. The summed E-state index contributed by atoms with van der Waals surface area (Å²) in [5.41, 5.74) is 0.0974. The van der Waals surface area contributed by atoms with Crippen LogP contribution in [0.25, 0.3) is 0 Å². The fraction of sp³-hybridized carbons (Fsp3) is 1.00. The van der Waals surface area contributed by atoms with E-state index in [0.717, 1.165) is 19.6 Å². The average Bonchev–Trinajstić information content (AvgIpc) is 2.66. The van der Waals surface area contributed by atoms with Crippen molar-refractivity contribution in [2.24, 2.45) is 0 Å². The maximum atomic E-state index is 5.91. The number of rotatable bonds is 5. The second-order valence-electron chi connectivity index (χ2n) is 4.79. The van der Waals surface area contributed by atoms with Crippen LogP contribution in [0, 0.1) is 0 Å². The molecule has 0 aromatic rings. The van der Waals surface area contributed by atoms with Crippen molar-refractivity contribution < 1.29 is 4.74 Å². The van der Waals surface area contributed by atoms with Crippen LogP contribution in [0.2, 0.25) is 0 Å². The van der Waals surface area contributed by atoms with Gasteiger partial charge >= 0.3 is 0 Å². The summed E-state index contributed by atoms with van der Waals surface area (Å²) in [7, 11) is 2.14. The van der Waals surface area contributed by atoms with Gasteiger partial charge in [-0.3, -0.25) is 4.90 Å². The fourth-order valence-corrected chi connectivity index (χ4v) is 1.82. The van der Waals surface area contributed by atoms with Crippen molar-refractivity contribution >= 4 is 11.6 Å². The van der Waals surface area contributed by atoms with Gasteiger partial charge in [0.2, 0.25) is 0 Å². The van der Waals surface area contributed by atoms with Gasteiger partial charge in [-0.05, 0) is 40.2 Å². The number of ether oxygens (including phenoxy) is 1. The van der Waals surface area contributed by atoms with Gasteiger partial charge in [0.1, 0.15) is 0 Å². The molecule has 0 spiro atoms. The quantitative estimate of drug-likeness (QED) is 0.659. The minimum absolute atomic E-state index is 0.0974. The van der Waals surface area contributed by atoms with Crippen molar-refractivity contribution in [3.8, 4) is 0 Å². The van der Waals surface area contributed by atoms with E-state index in [0.29, 0.717) is 12.0 Å². The maximum Gasteiger partial charge on any atom is 0.0588 e. The monoisotopic (exact) mass is 219 g/mol. The van der Waals surface area contributed by atoms with Crippen molar-refractivity contribution in [3.05, 3.63) is 0 Å². The molecule has 0 radical (unpaired) electrons. The van der Waals surface area contributed by atoms with Crippen LogP contribution in [0.4, 0.5) is 0 Å². The van der Waals surface area contributed by atoms with E-state index in [4.69, 9.17) is 16.3 Å². The summed E-state index contributed by atoms with van der Waals surface area (Å²) >= 11 is 5.91. The van der Waals surface area contributed by atoms with E-state index in [-0.39, 0.29) is 5.54 Å². The highest BCUT2D eigenvalue weighted by Crippen LogP contribution is 2.19. The van der Waals surface area contributed by atoms with Crippen LogP contribution in [0.3, 0.4) is 0 Å². The summed E-state index contributed by atoms with van der Waals surface area (Å²) in [6, 6.07) is 0. The highest BCUT2D eigenvalue weighted by molar-refractivity contribution is 6.18. The van der Waals surface area contributed by atoms with Gasteiger partial charge in [-0.25, -0.2) is 0 Å². The predicted molar refractivity (Wildman–Crippen MR) is 61.0 cm³/mol. The van der Waals surface area contributed by atoms with Gasteiger partial charge in [0.05, 0.1) is 6.10 Å². The molecule has 1 aliphatic heterocycles. The van der Waals surface area contributed by atoms with Crippen LogP contribution in [0.5, 0.6) is 0 Å². The van der Waals surface area contributed by atoms with Gasteiger partial charge in [0, 0.05) is 24.6 Å². The Kier molecular flexibility index (Phi) is 4.68. The van der Waals surface area contributed by atoms with Crippen LogP contribution in [-0.4, -0.2) is 42.6 Å². The van der Waals surface area contributed by atoms with Crippen LogP contribution in [0.1, 0.15) is 33.1 Å². The molecule has 1 unspecified atom stereocenters. The summed E-state index contributed by atoms with van der Waals surface area (Å²) in [6.45, 7) is 6.38. The van der Waals surface area contributed by atoms with E-state index >= 15 is 0 Å². The van der Waals surface area contributed by atoms with Gasteiger partial charge in [0.15, 0.2) is 0 Å². The van der Waals surface area contributed by atoms with Crippen molar-refractivity contribution in [2.75, 3.05) is 26.1 Å². The zero-order valence-electron chi connectivity index (χ0n) is 9.55. The van der Waals surface area contributed by atoms with E-state index in [9.17, 15) is 0 Å². The zero-order chi connectivity index (χ0) is 10.6. The lowest BCUT2D eigenvalue weighted by atomic mass is 10.1. The Labute approximate surface area is 92.6 Å². The van der Waals surface area contributed by atoms with E-state index in [1.165, 1.54) is 12.8 Å². The number of hydrogen-bond acceptors (Lipinski definition) is 2. The highest BCUT2D eigenvalue weighted by atomic mass is 35.5.